The van der Waals surface area contributed by atoms with Crippen LogP contribution in [0.4, 0.5) is 13.6 Å². The fourth-order valence-electron chi connectivity index (χ4n) is 3.37. The van der Waals surface area contributed by atoms with Crippen molar-refractivity contribution >= 4 is 6.09 Å². The zero-order valence-corrected chi connectivity index (χ0v) is 18.3. The minimum absolute atomic E-state index is 0.0987. The van der Waals surface area contributed by atoms with E-state index in [0.29, 0.717) is 42.9 Å². The number of nitrogens with zero attached hydrogens (tertiary/aromatic N) is 2. The summed E-state index contributed by atoms with van der Waals surface area (Å²) < 4.78 is 45.1. The Morgan fingerprint density at radius 1 is 1.13 bits per heavy atom. The van der Waals surface area contributed by atoms with Crippen molar-refractivity contribution in [3.63, 3.8) is 0 Å². The lowest BCUT2D eigenvalue weighted by Gasteiger charge is -2.33. The molecule has 1 aliphatic heterocycles. The molecule has 31 heavy (non-hydrogen) atoms. The molecule has 0 saturated carbocycles. The number of benzene rings is 1. The molecule has 0 radical (unpaired) electrons. The van der Waals surface area contributed by atoms with Crippen molar-refractivity contribution in [2.75, 3.05) is 26.8 Å². The number of pyridine rings is 1. The number of amides is 1. The molecule has 0 atom stereocenters. The highest BCUT2D eigenvalue weighted by atomic mass is 19.1. The largest absolute Gasteiger partial charge is 0.487 e. The first-order valence-corrected chi connectivity index (χ1v) is 10.3. The Kier molecular flexibility index (Phi) is 6.97. The van der Waals surface area contributed by atoms with E-state index >= 15 is 0 Å². The van der Waals surface area contributed by atoms with Gasteiger partial charge in [-0.15, -0.1) is 0 Å². The normalized spacial score (nSPS) is 15.0. The first-order valence-electron chi connectivity index (χ1n) is 10.3. The van der Waals surface area contributed by atoms with E-state index in [1.165, 1.54) is 25.4 Å². The van der Waals surface area contributed by atoms with E-state index in [1.807, 2.05) is 20.8 Å². The van der Waals surface area contributed by atoms with Gasteiger partial charge in [0.05, 0.1) is 13.7 Å². The van der Waals surface area contributed by atoms with E-state index in [2.05, 4.69) is 4.98 Å². The van der Waals surface area contributed by atoms with Crippen LogP contribution in [-0.4, -0.2) is 48.4 Å². The molecule has 0 aliphatic carbocycles. The molecule has 168 valence electrons. The third-order valence-electron chi connectivity index (χ3n) is 5.01. The highest BCUT2D eigenvalue weighted by Gasteiger charge is 2.27. The van der Waals surface area contributed by atoms with Gasteiger partial charge in [0.25, 0.3) is 0 Å². The maximum absolute atomic E-state index is 14.6. The number of rotatable bonds is 5. The van der Waals surface area contributed by atoms with Crippen LogP contribution < -0.4 is 9.47 Å². The van der Waals surface area contributed by atoms with Crippen LogP contribution in [0.3, 0.4) is 0 Å². The molecule has 2 aromatic rings. The minimum Gasteiger partial charge on any atom is -0.487 e. The topological polar surface area (TPSA) is 60.9 Å². The van der Waals surface area contributed by atoms with Crippen LogP contribution in [0.15, 0.2) is 30.5 Å². The van der Waals surface area contributed by atoms with Crippen LogP contribution in [0.2, 0.25) is 0 Å². The molecule has 0 unspecified atom stereocenters. The second-order valence-electron chi connectivity index (χ2n) is 8.58. The van der Waals surface area contributed by atoms with Crippen molar-refractivity contribution < 1.29 is 27.8 Å². The van der Waals surface area contributed by atoms with Crippen LogP contribution in [0.5, 0.6) is 11.6 Å². The van der Waals surface area contributed by atoms with Crippen molar-refractivity contribution in [1.82, 2.24) is 9.88 Å². The van der Waals surface area contributed by atoms with Crippen LogP contribution >= 0.6 is 0 Å². The van der Waals surface area contributed by atoms with Crippen molar-refractivity contribution in [1.29, 1.82) is 0 Å². The fraction of sp³-hybridized carbons (Fsp3) is 0.478. The summed E-state index contributed by atoms with van der Waals surface area (Å²) in [6.07, 6.45) is 2.53. The van der Waals surface area contributed by atoms with Gasteiger partial charge in [0.2, 0.25) is 5.88 Å². The average Bonchev–Trinajstić information content (AvgIpc) is 2.72. The summed E-state index contributed by atoms with van der Waals surface area (Å²) >= 11 is 0. The van der Waals surface area contributed by atoms with Gasteiger partial charge in [-0.25, -0.2) is 18.6 Å². The number of halogens is 2. The SMILES string of the molecule is COc1cc(-c2cc(F)c(OCC3CCN(C(=O)OC(C)(C)C)CC3)c(F)c2)ccn1. The lowest BCUT2D eigenvalue weighted by molar-refractivity contribution is 0.0164. The molecule has 1 aromatic heterocycles. The Morgan fingerprint density at radius 3 is 2.35 bits per heavy atom. The highest BCUT2D eigenvalue weighted by Crippen LogP contribution is 2.31. The van der Waals surface area contributed by atoms with Crippen LogP contribution in [0, 0.1) is 17.6 Å². The van der Waals surface area contributed by atoms with Gasteiger partial charge in [0.15, 0.2) is 17.4 Å². The lowest BCUT2D eigenvalue weighted by atomic mass is 9.98. The number of ether oxygens (including phenoxy) is 3. The van der Waals surface area contributed by atoms with Gasteiger partial charge in [-0.2, -0.15) is 0 Å². The number of hydrogen-bond donors (Lipinski definition) is 0. The van der Waals surface area contributed by atoms with Gasteiger partial charge < -0.3 is 19.1 Å². The molecule has 0 spiro atoms. The summed E-state index contributed by atoms with van der Waals surface area (Å²) in [5.74, 6) is -1.47. The summed E-state index contributed by atoms with van der Waals surface area (Å²) in [7, 11) is 1.47. The standard InChI is InChI=1S/C23H28F2N2O4/c1-23(2,3)31-22(28)27-9-6-15(7-10-27)14-30-21-18(24)11-17(12-19(21)25)16-5-8-26-20(13-16)29-4/h5,8,11-13,15H,6-7,9-10,14H2,1-4H3. The molecule has 6 nitrogen and oxygen atoms in total. The summed E-state index contributed by atoms with van der Waals surface area (Å²) in [6.45, 7) is 6.70. The van der Waals surface area contributed by atoms with Crippen molar-refractivity contribution in [2.24, 2.45) is 5.92 Å². The Balaban J connectivity index is 1.58. The van der Waals surface area contributed by atoms with Gasteiger partial charge in [-0.1, -0.05) is 0 Å². The average molecular weight is 434 g/mol. The zero-order chi connectivity index (χ0) is 22.6. The number of methoxy groups -OCH3 is 1. The van der Waals surface area contributed by atoms with Crippen LogP contribution in [0.25, 0.3) is 11.1 Å². The van der Waals surface area contributed by atoms with Crippen molar-refractivity contribution in [2.45, 2.75) is 39.2 Å². The molecule has 8 heteroatoms. The van der Waals surface area contributed by atoms with E-state index in [4.69, 9.17) is 14.2 Å². The Labute approximate surface area is 181 Å². The smallest absolute Gasteiger partial charge is 0.410 e. The number of hydrogen-bond acceptors (Lipinski definition) is 5. The van der Waals surface area contributed by atoms with E-state index in [-0.39, 0.29) is 24.4 Å². The van der Waals surface area contributed by atoms with Gasteiger partial charge >= 0.3 is 6.09 Å². The second-order valence-corrected chi connectivity index (χ2v) is 8.58. The second kappa shape index (κ2) is 9.49. The maximum atomic E-state index is 14.6. The van der Waals surface area contributed by atoms with Crippen LogP contribution in [0.1, 0.15) is 33.6 Å². The van der Waals surface area contributed by atoms with Crippen molar-refractivity contribution in [3.05, 3.63) is 42.1 Å². The van der Waals surface area contributed by atoms with Crippen LogP contribution in [-0.2, 0) is 4.74 Å². The fourth-order valence-corrected chi connectivity index (χ4v) is 3.37. The van der Waals surface area contributed by atoms with Gasteiger partial charge in [-0.05, 0) is 68.9 Å². The summed E-state index contributed by atoms with van der Waals surface area (Å²) in [5, 5.41) is 0. The molecular weight excluding hydrogens is 406 g/mol. The molecule has 0 bridgehead atoms. The van der Waals surface area contributed by atoms with Gasteiger partial charge in [-0.3, -0.25) is 0 Å². The van der Waals surface area contributed by atoms with Gasteiger partial charge in [0, 0.05) is 25.4 Å². The number of aromatic nitrogens is 1. The molecular formula is C23H28F2N2O4. The molecule has 0 N–H and O–H groups in total. The lowest BCUT2D eigenvalue weighted by Crippen LogP contribution is -2.42. The van der Waals surface area contributed by atoms with Crippen molar-refractivity contribution in [3.8, 4) is 22.8 Å². The highest BCUT2D eigenvalue weighted by molar-refractivity contribution is 5.68. The third-order valence-corrected chi connectivity index (χ3v) is 5.01. The molecule has 1 fully saturated rings. The Morgan fingerprint density at radius 2 is 1.77 bits per heavy atom. The number of likely N-dealkylation sites (tertiary alicyclic amines) is 1. The minimum atomic E-state index is -0.767. The zero-order valence-electron chi connectivity index (χ0n) is 18.3. The molecule has 1 saturated heterocycles. The Bertz CT molecular complexity index is 899. The first kappa shape index (κ1) is 22.8. The maximum Gasteiger partial charge on any atom is 0.410 e. The third kappa shape index (κ3) is 6.06. The van der Waals surface area contributed by atoms with E-state index in [9.17, 15) is 13.6 Å². The summed E-state index contributed by atoms with van der Waals surface area (Å²) in [4.78, 5) is 17.8. The Hall–Kier alpha value is -2.90. The molecule has 1 aromatic carbocycles. The number of piperidine rings is 1. The molecule has 1 amide bonds. The molecule has 2 heterocycles. The monoisotopic (exact) mass is 434 g/mol. The van der Waals surface area contributed by atoms with Gasteiger partial charge in [0.1, 0.15) is 5.60 Å². The number of carbonyl (C=O) groups excluding carboxylic acids is 1. The molecule has 3 rings (SSSR count). The van der Waals surface area contributed by atoms with E-state index < -0.39 is 17.2 Å². The van der Waals surface area contributed by atoms with E-state index in [1.54, 1.807) is 17.0 Å². The molecule has 1 aliphatic rings. The predicted molar refractivity (Wildman–Crippen MR) is 112 cm³/mol. The quantitative estimate of drug-likeness (QED) is 0.658. The summed E-state index contributed by atoms with van der Waals surface area (Å²) in [5.41, 5.74) is 0.416. The van der Waals surface area contributed by atoms with E-state index in [0.717, 1.165) is 0 Å². The summed E-state index contributed by atoms with van der Waals surface area (Å²) in [6, 6.07) is 5.72. The first-order chi connectivity index (χ1) is 14.7. The number of carbonyl (C=O) groups is 1. The predicted octanol–water partition coefficient (Wildman–Crippen LogP) is 5.06.